The second-order valence-corrected chi connectivity index (χ2v) is 4.82. The number of hydrogen-bond donors (Lipinski definition) is 0. The van der Waals surface area contributed by atoms with Gasteiger partial charge in [-0.3, -0.25) is 9.69 Å². The van der Waals surface area contributed by atoms with E-state index in [0.29, 0.717) is 0 Å². The number of rotatable bonds is 4. The Balaban J connectivity index is 2.55. The predicted molar refractivity (Wildman–Crippen MR) is 60.0 cm³/mol. The lowest BCUT2D eigenvalue weighted by molar-refractivity contribution is -0.123. The van der Waals surface area contributed by atoms with Crippen LogP contribution in [0.15, 0.2) is 0 Å². The summed E-state index contributed by atoms with van der Waals surface area (Å²) in [5, 5.41) is 0. The van der Waals surface area contributed by atoms with Crippen molar-refractivity contribution in [3.63, 3.8) is 0 Å². The highest BCUT2D eigenvalue weighted by atomic mass is 35.5. The average molecular weight is 238 g/mol. The Kier molecular flexibility index (Phi) is 5.21. The van der Waals surface area contributed by atoms with Gasteiger partial charge in [-0.15, -0.1) is 0 Å². The summed E-state index contributed by atoms with van der Waals surface area (Å²) in [6.45, 7) is 4.02. The molecule has 1 heterocycles. The molecule has 0 aliphatic carbocycles. The molecule has 0 aromatic heterocycles. The Labute approximate surface area is 95.5 Å². The van der Waals surface area contributed by atoms with Crippen LogP contribution in [0, 0.1) is 0 Å². The van der Waals surface area contributed by atoms with Crippen LogP contribution in [0.4, 0.5) is 0 Å². The Morgan fingerprint density at radius 3 is 2.29 bits per heavy atom. The van der Waals surface area contributed by atoms with Gasteiger partial charge in [0, 0.05) is 0 Å². The number of piperidine rings is 1. The maximum atomic E-state index is 11.7. The molecule has 0 aromatic rings. The molecule has 0 N–H and O–H groups in total. The van der Waals surface area contributed by atoms with Gasteiger partial charge in [0.15, 0.2) is 10.6 Å². The lowest BCUT2D eigenvalue weighted by atomic mass is 10.0. The van der Waals surface area contributed by atoms with Crippen LogP contribution in [0.3, 0.4) is 0 Å². The van der Waals surface area contributed by atoms with Crippen molar-refractivity contribution >= 4 is 29.0 Å². The minimum Gasteiger partial charge on any atom is -0.295 e. The number of halogens is 2. The average Bonchev–Trinajstić information content (AvgIpc) is 2.20. The first-order valence-corrected chi connectivity index (χ1v) is 6.10. The molecule has 4 heteroatoms. The summed E-state index contributed by atoms with van der Waals surface area (Å²) in [6, 6.07) is -0.0738. The molecule has 0 saturated carbocycles. The highest BCUT2D eigenvalue weighted by Crippen LogP contribution is 2.18. The largest absolute Gasteiger partial charge is 0.295 e. The van der Waals surface area contributed by atoms with Crippen LogP contribution in [0.5, 0.6) is 0 Å². The summed E-state index contributed by atoms with van der Waals surface area (Å²) in [5.41, 5.74) is 0. The summed E-state index contributed by atoms with van der Waals surface area (Å²) in [6.07, 6.45) is 4.43. The molecule has 1 fully saturated rings. The number of Topliss-reactive ketones (excluding diaryl/α,β-unsaturated/α-hetero) is 1. The fraction of sp³-hybridized carbons (Fsp3) is 0.900. The third kappa shape index (κ3) is 3.11. The van der Waals surface area contributed by atoms with Gasteiger partial charge < -0.3 is 0 Å². The maximum Gasteiger partial charge on any atom is 0.182 e. The zero-order chi connectivity index (χ0) is 10.6. The molecule has 0 spiro atoms. The van der Waals surface area contributed by atoms with Crippen molar-refractivity contribution in [2.45, 2.75) is 43.5 Å². The van der Waals surface area contributed by atoms with E-state index in [9.17, 15) is 4.79 Å². The normalized spacial score (nSPS) is 21.1. The van der Waals surface area contributed by atoms with Crippen molar-refractivity contribution in [2.24, 2.45) is 0 Å². The van der Waals surface area contributed by atoms with E-state index in [1.165, 1.54) is 19.3 Å². The molecule has 14 heavy (non-hydrogen) atoms. The lowest BCUT2D eigenvalue weighted by Crippen LogP contribution is -2.45. The topological polar surface area (TPSA) is 20.3 Å². The van der Waals surface area contributed by atoms with Gasteiger partial charge in [0.1, 0.15) is 0 Å². The molecule has 1 aliphatic rings. The van der Waals surface area contributed by atoms with E-state index in [0.717, 1.165) is 19.5 Å². The van der Waals surface area contributed by atoms with Gasteiger partial charge >= 0.3 is 0 Å². The van der Waals surface area contributed by atoms with E-state index in [1.807, 2.05) is 6.92 Å². The van der Waals surface area contributed by atoms with E-state index in [-0.39, 0.29) is 11.8 Å². The van der Waals surface area contributed by atoms with Crippen molar-refractivity contribution in [3.05, 3.63) is 0 Å². The summed E-state index contributed by atoms with van der Waals surface area (Å²) >= 11 is 11.2. The van der Waals surface area contributed by atoms with Crippen LogP contribution in [-0.2, 0) is 4.79 Å². The highest BCUT2D eigenvalue weighted by Gasteiger charge is 2.28. The van der Waals surface area contributed by atoms with Gasteiger partial charge in [0.05, 0.1) is 6.04 Å². The van der Waals surface area contributed by atoms with Gasteiger partial charge in [0.2, 0.25) is 0 Å². The molecule has 1 atom stereocenters. The van der Waals surface area contributed by atoms with Crippen LogP contribution in [0.2, 0.25) is 0 Å². The van der Waals surface area contributed by atoms with Gasteiger partial charge in [-0.05, 0) is 32.4 Å². The van der Waals surface area contributed by atoms with Crippen molar-refractivity contribution in [1.29, 1.82) is 0 Å². The van der Waals surface area contributed by atoms with Crippen LogP contribution in [0.1, 0.15) is 32.6 Å². The molecule has 0 amide bonds. The molecule has 1 saturated heterocycles. The summed E-state index contributed by atoms with van der Waals surface area (Å²) in [7, 11) is 0. The smallest absolute Gasteiger partial charge is 0.182 e. The quantitative estimate of drug-likeness (QED) is 0.701. The van der Waals surface area contributed by atoms with Crippen molar-refractivity contribution < 1.29 is 4.79 Å². The molecule has 1 rings (SSSR count). The first kappa shape index (κ1) is 12.3. The zero-order valence-corrected chi connectivity index (χ0v) is 10.0. The van der Waals surface area contributed by atoms with Gasteiger partial charge in [-0.2, -0.15) is 0 Å². The Morgan fingerprint density at radius 1 is 1.29 bits per heavy atom. The third-order valence-electron chi connectivity index (χ3n) is 2.76. The van der Waals surface area contributed by atoms with Crippen molar-refractivity contribution in [2.75, 3.05) is 13.1 Å². The van der Waals surface area contributed by atoms with Gasteiger partial charge in [-0.1, -0.05) is 36.5 Å². The number of alkyl halides is 2. The van der Waals surface area contributed by atoms with Crippen LogP contribution >= 0.6 is 23.2 Å². The molecule has 82 valence electrons. The van der Waals surface area contributed by atoms with E-state index in [4.69, 9.17) is 23.2 Å². The second kappa shape index (κ2) is 5.94. The number of nitrogens with zero attached hydrogens (tertiary/aromatic N) is 1. The highest BCUT2D eigenvalue weighted by molar-refractivity contribution is 6.54. The van der Waals surface area contributed by atoms with Crippen LogP contribution < -0.4 is 0 Å². The minimum atomic E-state index is -0.873. The monoisotopic (exact) mass is 237 g/mol. The van der Waals surface area contributed by atoms with E-state index < -0.39 is 4.84 Å². The van der Waals surface area contributed by atoms with Crippen LogP contribution in [-0.4, -0.2) is 34.7 Å². The third-order valence-corrected chi connectivity index (χ3v) is 3.19. The van der Waals surface area contributed by atoms with E-state index in [2.05, 4.69) is 4.90 Å². The number of carbonyl (C=O) groups is 1. The molecule has 0 bridgehead atoms. The van der Waals surface area contributed by atoms with Crippen molar-refractivity contribution in [3.8, 4) is 0 Å². The second-order valence-electron chi connectivity index (χ2n) is 3.72. The molecule has 0 aromatic carbocycles. The zero-order valence-electron chi connectivity index (χ0n) is 8.51. The summed E-state index contributed by atoms with van der Waals surface area (Å²) < 4.78 is 0. The fourth-order valence-electron chi connectivity index (χ4n) is 2.01. The maximum absolute atomic E-state index is 11.7. The number of hydrogen-bond acceptors (Lipinski definition) is 2. The predicted octanol–water partition coefficient (Wildman–Crippen LogP) is 2.62. The molecule has 1 aliphatic heterocycles. The number of likely N-dealkylation sites (tertiary alicyclic amines) is 1. The molecular formula is C10H17Cl2NO. The minimum absolute atomic E-state index is 0.0438. The van der Waals surface area contributed by atoms with E-state index in [1.54, 1.807) is 0 Å². The standard InChI is InChI=1S/C10H17Cl2NO/c1-2-8(9(14)10(11)12)13-6-4-3-5-7-13/h8,10H,2-7H2,1H3. The Bertz CT molecular complexity index is 191. The molecule has 2 nitrogen and oxygen atoms in total. The molecular weight excluding hydrogens is 221 g/mol. The number of carbonyl (C=O) groups excluding carboxylic acids is 1. The van der Waals surface area contributed by atoms with Gasteiger partial charge in [-0.25, -0.2) is 0 Å². The Hall–Kier alpha value is 0.210. The van der Waals surface area contributed by atoms with Crippen LogP contribution in [0.25, 0.3) is 0 Å². The first-order valence-electron chi connectivity index (χ1n) is 5.22. The molecule has 1 unspecified atom stereocenters. The number of ketones is 1. The summed E-state index contributed by atoms with van der Waals surface area (Å²) in [4.78, 5) is 13.0. The fourth-order valence-corrected chi connectivity index (χ4v) is 2.31. The molecule has 0 radical (unpaired) electrons. The SMILES string of the molecule is CCC(C(=O)C(Cl)Cl)N1CCCCC1. The van der Waals surface area contributed by atoms with Gasteiger partial charge in [0.25, 0.3) is 0 Å². The van der Waals surface area contributed by atoms with Crippen molar-refractivity contribution in [1.82, 2.24) is 4.90 Å². The van der Waals surface area contributed by atoms with E-state index >= 15 is 0 Å². The summed E-state index contributed by atoms with van der Waals surface area (Å²) in [5.74, 6) is -0.0438. The first-order chi connectivity index (χ1) is 6.66. The lowest BCUT2D eigenvalue weighted by Gasteiger charge is -2.33. The Morgan fingerprint density at radius 2 is 1.86 bits per heavy atom.